The molecular weight excluding hydrogens is 214 g/mol. The van der Waals surface area contributed by atoms with E-state index < -0.39 is 0 Å². The topological polar surface area (TPSA) is 53.2 Å². The first kappa shape index (κ1) is 11.5. The predicted octanol–water partition coefficient (Wildman–Crippen LogP) is 0.0986. The predicted molar refractivity (Wildman–Crippen MR) is 66.6 cm³/mol. The number of nitrogens with one attached hydrogen (secondary N) is 3. The third-order valence-electron chi connectivity index (χ3n) is 4.79. The van der Waals surface area contributed by atoms with Crippen LogP contribution >= 0.6 is 0 Å². The van der Waals surface area contributed by atoms with Gasteiger partial charge in [-0.05, 0) is 36.6 Å². The van der Waals surface area contributed by atoms with E-state index in [1.165, 1.54) is 6.42 Å². The summed E-state index contributed by atoms with van der Waals surface area (Å²) in [7, 11) is 0. The van der Waals surface area contributed by atoms with Gasteiger partial charge in [0.05, 0.1) is 6.04 Å². The van der Waals surface area contributed by atoms with Crippen LogP contribution in [-0.2, 0) is 4.79 Å². The summed E-state index contributed by atoms with van der Waals surface area (Å²) in [5, 5.41) is 9.97. The molecule has 0 aromatic rings. The molecule has 3 aliphatic rings. The Labute approximate surface area is 103 Å². The fourth-order valence-corrected chi connectivity index (χ4v) is 3.54. The Hall–Kier alpha value is -0.610. The number of piperidine rings is 2. The van der Waals surface area contributed by atoms with Gasteiger partial charge in [0.1, 0.15) is 0 Å². The Morgan fingerprint density at radius 2 is 2.00 bits per heavy atom. The molecule has 2 aliphatic heterocycles. The van der Waals surface area contributed by atoms with Crippen LogP contribution in [0.1, 0.15) is 26.7 Å². The highest BCUT2D eigenvalue weighted by Gasteiger charge is 2.54. The van der Waals surface area contributed by atoms with Crippen LogP contribution in [0, 0.1) is 17.3 Å². The maximum atomic E-state index is 12.3. The van der Waals surface area contributed by atoms with E-state index in [9.17, 15) is 4.79 Å². The van der Waals surface area contributed by atoms with Crippen molar-refractivity contribution in [2.75, 3.05) is 19.6 Å². The van der Waals surface area contributed by atoms with Gasteiger partial charge in [0.2, 0.25) is 5.91 Å². The lowest BCUT2D eigenvalue weighted by molar-refractivity contribution is -0.127. The lowest BCUT2D eigenvalue weighted by atomic mass is 9.77. The number of carbonyl (C=O) groups excluding carboxylic acids is 1. The molecule has 3 fully saturated rings. The van der Waals surface area contributed by atoms with Crippen LogP contribution in [0.2, 0.25) is 0 Å². The molecule has 2 heterocycles. The maximum absolute atomic E-state index is 12.3. The molecule has 1 aliphatic carbocycles. The van der Waals surface area contributed by atoms with E-state index in [0.29, 0.717) is 17.9 Å². The summed E-state index contributed by atoms with van der Waals surface area (Å²) in [5.41, 5.74) is 0.0879. The first-order chi connectivity index (χ1) is 8.09. The molecule has 1 amide bonds. The molecule has 4 nitrogen and oxygen atoms in total. The van der Waals surface area contributed by atoms with Crippen LogP contribution in [0.3, 0.4) is 0 Å². The Morgan fingerprint density at radius 3 is 2.65 bits per heavy atom. The Morgan fingerprint density at radius 1 is 1.29 bits per heavy atom. The van der Waals surface area contributed by atoms with Crippen LogP contribution < -0.4 is 16.0 Å². The summed E-state index contributed by atoms with van der Waals surface area (Å²) in [6.45, 7) is 7.52. The first-order valence-corrected chi connectivity index (χ1v) is 6.84. The van der Waals surface area contributed by atoms with E-state index >= 15 is 0 Å². The molecule has 3 rings (SSSR count). The van der Waals surface area contributed by atoms with Crippen LogP contribution in [0.4, 0.5) is 0 Å². The summed E-state index contributed by atoms with van der Waals surface area (Å²) >= 11 is 0. The number of hydrogen-bond donors (Lipinski definition) is 3. The molecule has 0 radical (unpaired) electrons. The van der Waals surface area contributed by atoms with Crippen LogP contribution in [0.5, 0.6) is 0 Å². The molecule has 1 saturated carbocycles. The standard InChI is InChI=1S/C13H23N3O/c1-13(2)4-3-5-15-11(13)12(17)16-10-8-6-14-7-9(8)10/h8-11,14-15H,3-7H2,1-2H3,(H,16,17)/t8-,9+,10?,11?. The van der Waals surface area contributed by atoms with Crippen LogP contribution in [0.25, 0.3) is 0 Å². The van der Waals surface area contributed by atoms with E-state index in [4.69, 9.17) is 0 Å². The fourth-order valence-electron chi connectivity index (χ4n) is 3.54. The summed E-state index contributed by atoms with van der Waals surface area (Å²) in [5.74, 6) is 1.62. The Balaban J connectivity index is 1.58. The van der Waals surface area contributed by atoms with Gasteiger partial charge in [-0.25, -0.2) is 0 Å². The molecule has 2 unspecified atom stereocenters. The van der Waals surface area contributed by atoms with Crippen LogP contribution in [0.15, 0.2) is 0 Å². The third-order valence-corrected chi connectivity index (χ3v) is 4.79. The van der Waals surface area contributed by atoms with Crippen molar-refractivity contribution < 1.29 is 4.79 Å². The molecule has 0 spiro atoms. The van der Waals surface area contributed by atoms with E-state index in [0.717, 1.165) is 26.1 Å². The highest BCUT2D eigenvalue weighted by atomic mass is 16.2. The molecule has 0 aromatic heterocycles. The van der Waals surface area contributed by atoms with E-state index in [2.05, 4.69) is 29.8 Å². The number of carbonyl (C=O) groups is 1. The molecule has 17 heavy (non-hydrogen) atoms. The molecule has 96 valence electrons. The summed E-state index contributed by atoms with van der Waals surface area (Å²) in [6.07, 6.45) is 2.31. The minimum absolute atomic E-state index is 0.00876. The molecular formula is C13H23N3O. The third kappa shape index (κ3) is 1.97. The Kier molecular flexibility index (Phi) is 2.67. The minimum atomic E-state index is -0.00876. The van der Waals surface area contributed by atoms with Gasteiger partial charge < -0.3 is 16.0 Å². The quantitative estimate of drug-likeness (QED) is 0.638. The average molecular weight is 237 g/mol. The second kappa shape index (κ2) is 3.95. The Bertz CT molecular complexity index is 319. The van der Waals surface area contributed by atoms with Crippen molar-refractivity contribution in [2.24, 2.45) is 17.3 Å². The smallest absolute Gasteiger partial charge is 0.237 e. The van der Waals surface area contributed by atoms with Crippen LogP contribution in [-0.4, -0.2) is 37.6 Å². The van der Waals surface area contributed by atoms with Crippen molar-refractivity contribution >= 4 is 5.91 Å². The fraction of sp³-hybridized carbons (Fsp3) is 0.923. The number of amides is 1. The summed E-state index contributed by atoms with van der Waals surface area (Å²) in [6, 6.07) is 0.439. The van der Waals surface area contributed by atoms with Crippen molar-refractivity contribution in [1.29, 1.82) is 0 Å². The van der Waals surface area contributed by atoms with Crippen molar-refractivity contribution in [1.82, 2.24) is 16.0 Å². The summed E-state index contributed by atoms with van der Waals surface area (Å²) in [4.78, 5) is 12.3. The SMILES string of the molecule is CC1(C)CCCNC1C(=O)NC1[C@H]2CNC[C@@H]12. The van der Waals surface area contributed by atoms with Gasteiger partial charge in [0, 0.05) is 19.1 Å². The molecule has 0 aromatic carbocycles. The molecule has 4 heteroatoms. The zero-order chi connectivity index (χ0) is 12.0. The average Bonchev–Trinajstić information content (AvgIpc) is 2.74. The minimum Gasteiger partial charge on any atom is -0.351 e. The van der Waals surface area contributed by atoms with Crippen molar-refractivity contribution in [3.63, 3.8) is 0 Å². The zero-order valence-corrected chi connectivity index (χ0v) is 10.8. The van der Waals surface area contributed by atoms with E-state index in [1.807, 2.05) is 0 Å². The monoisotopic (exact) mass is 237 g/mol. The van der Waals surface area contributed by atoms with Gasteiger partial charge in [-0.15, -0.1) is 0 Å². The van der Waals surface area contributed by atoms with Crippen molar-refractivity contribution in [3.8, 4) is 0 Å². The van der Waals surface area contributed by atoms with Gasteiger partial charge in [-0.1, -0.05) is 13.8 Å². The normalized spacial score (nSPS) is 42.9. The largest absolute Gasteiger partial charge is 0.351 e. The molecule has 4 atom stereocenters. The highest BCUT2D eigenvalue weighted by Crippen LogP contribution is 2.42. The lowest BCUT2D eigenvalue weighted by Crippen LogP contribution is -2.56. The number of fused-ring (bicyclic) bond motifs is 1. The molecule has 3 N–H and O–H groups in total. The van der Waals surface area contributed by atoms with Gasteiger partial charge in [-0.3, -0.25) is 4.79 Å². The summed E-state index contributed by atoms with van der Waals surface area (Å²) < 4.78 is 0. The van der Waals surface area contributed by atoms with Crippen molar-refractivity contribution in [3.05, 3.63) is 0 Å². The zero-order valence-electron chi connectivity index (χ0n) is 10.8. The van der Waals surface area contributed by atoms with E-state index in [-0.39, 0.29) is 17.4 Å². The maximum Gasteiger partial charge on any atom is 0.237 e. The second-order valence-electron chi connectivity index (χ2n) is 6.50. The van der Waals surface area contributed by atoms with Gasteiger partial charge >= 0.3 is 0 Å². The highest BCUT2D eigenvalue weighted by molar-refractivity contribution is 5.83. The first-order valence-electron chi connectivity index (χ1n) is 6.84. The van der Waals surface area contributed by atoms with E-state index in [1.54, 1.807) is 0 Å². The van der Waals surface area contributed by atoms with Gasteiger partial charge in [0.25, 0.3) is 0 Å². The van der Waals surface area contributed by atoms with Crippen molar-refractivity contribution in [2.45, 2.75) is 38.8 Å². The second-order valence-corrected chi connectivity index (χ2v) is 6.50. The number of rotatable bonds is 2. The van der Waals surface area contributed by atoms with Gasteiger partial charge in [0.15, 0.2) is 0 Å². The number of hydrogen-bond acceptors (Lipinski definition) is 3. The lowest BCUT2D eigenvalue weighted by Gasteiger charge is -2.38. The van der Waals surface area contributed by atoms with Gasteiger partial charge in [-0.2, -0.15) is 0 Å². The molecule has 0 bridgehead atoms. The molecule has 2 saturated heterocycles.